The molecule has 1 aliphatic carbocycles. The normalized spacial score (nSPS) is 29.4. The number of nitrogens with one attached hydrogen (secondary N) is 2. The molecule has 0 radical (unpaired) electrons. The summed E-state index contributed by atoms with van der Waals surface area (Å²) in [6.07, 6.45) is 0.334. The van der Waals surface area contributed by atoms with Crippen LogP contribution in [0.25, 0.3) is 0 Å². The third-order valence-electron chi connectivity index (χ3n) is 6.78. The molecule has 2 aliphatic rings. The first-order chi connectivity index (χ1) is 18.8. The van der Waals surface area contributed by atoms with Crippen LogP contribution in [-0.2, 0) is 23.4 Å². The zero-order valence-corrected chi connectivity index (χ0v) is 22.9. The van der Waals surface area contributed by atoms with Crippen LogP contribution >= 0.6 is 7.75 Å². The maximum Gasteiger partial charge on any atom is 0.459 e. The summed E-state index contributed by atoms with van der Waals surface area (Å²) in [5.41, 5.74) is -4.78. The van der Waals surface area contributed by atoms with Crippen molar-refractivity contribution in [3.63, 3.8) is 0 Å². The van der Waals surface area contributed by atoms with Crippen molar-refractivity contribution in [2.75, 3.05) is 6.61 Å². The van der Waals surface area contributed by atoms with Gasteiger partial charge in [-0.1, -0.05) is 24.6 Å². The molecular formula is C25H32F2N3O9P. The molecule has 2 aromatic rings. The standard InChI is InChI=1S/C25H32F2N3O9P/c1-16(20(32)37-17-9-5-3-6-10-17)29-40(35,39-18-11-7-4-8-12-18)36-15-25(27)21(33)24(2,26)22(38-25)30-14-13-19(31)28-23(30)34/h4,7-8,11-14,16-17,21-22,33H,3,5-6,9-10,15H2,1-2H3,(H,29,35)(H,28,31,34)/t16?,21-,22?,24+,25+,40?/m0/s1. The van der Waals surface area contributed by atoms with Gasteiger partial charge in [-0.2, -0.15) is 5.09 Å². The van der Waals surface area contributed by atoms with Crippen molar-refractivity contribution < 1.29 is 41.8 Å². The summed E-state index contributed by atoms with van der Waals surface area (Å²) in [6.45, 7) is 0.825. The van der Waals surface area contributed by atoms with Gasteiger partial charge >= 0.3 is 19.4 Å². The number of aliphatic hydroxyl groups excluding tert-OH is 1. The smallest absolute Gasteiger partial charge is 0.459 e. The van der Waals surface area contributed by atoms with E-state index in [-0.39, 0.29) is 11.9 Å². The number of ether oxygens (including phenoxy) is 2. The number of benzene rings is 1. The van der Waals surface area contributed by atoms with E-state index in [1.807, 2.05) is 4.98 Å². The fourth-order valence-corrected chi connectivity index (χ4v) is 6.10. The van der Waals surface area contributed by atoms with Crippen LogP contribution in [0.1, 0.15) is 52.2 Å². The summed E-state index contributed by atoms with van der Waals surface area (Å²) in [7, 11) is -4.60. The Morgan fingerprint density at radius 3 is 2.55 bits per heavy atom. The lowest BCUT2D eigenvalue weighted by Gasteiger charge is -2.28. The third-order valence-corrected chi connectivity index (χ3v) is 8.40. The molecule has 1 aromatic carbocycles. The van der Waals surface area contributed by atoms with Crippen LogP contribution in [0, 0.1) is 0 Å². The minimum absolute atomic E-state index is 0.0416. The van der Waals surface area contributed by atoms with Gasteiger partial charge in [-0.3, -0.25) is 23.7 Å². The van der Waals surface area contributed by atoms with Gasteiger partial charge in [0.05, 0.1) is 0 Å². The summed E-state index contributed by atoms with van der Waals surface area (Å²) in [5, 5.41) is 12.9. The van der Waals surface area contributed by atoms with Crippen LogP contribution < -0.4 is 20.9 Å². The third kappa shape index (κ3) is 6.69. The molecule has 4 rings (SSSR count). The van der Waals surface area contributed by atoms with Gasteiger partial charge in [0.15, 0.2) is 18.0 Å². The predicted molar refractivity (Wildman–Crippen MR) is 137 cm³/mol. The monoisotopic (exact) mass is 587 g/mol. The first-order valence-electron chi connectivity index (χ1n) is 12.9. The Balaban J connectivity index is 1.53. The van der Waals surface area contributed by atoms with Gasteiger partial charge in [-0.05, 0) is 51.7 Å². The first-order valence-corrected chi connectivity index (χ1v) is 14.4. The summed E-state index contributed by atoms with van der Waals surface area (Å²) < 4.78 is 67.1. The van der Waals surface area contributed by atoms with Crippen LogP contribution in [0.4, 0.5) is 8.78 Å². The summed E-state index contributed by atoms with van der Waals surface area (Å²) >= 11 is 0. The van der Waals surface area contributed by atoms with Gasteiger partial charge in [0.1, 0.15) is 24.5 Å². The Morgan fingerprint density at radius 2 is 1.90 bits per heavy atom. The highest BCUT2D eigenvalue weighted by molar-refractivity contribution is 7.52. The zero-order chi connectivity index (χ0) is 29.1. The molecule has 15 heteroatoms. The number of rotatable bonds is 10. The Bertz CT molecular complexity index is 1350. The second-order valence-electron chi connectivity index (χ2n) is 10.1. The number of aromatic nitrogens is 2. The van der Waals surface area contributed by atoms with Gasteiger partial charge in [-0.15, -0.1) is 0 Å². The molecule has 1 saturated heterocycles. The fraction of sp³-hybridized carbons (Fsp3) is 0.560. The molecule has 0 spiro atoms. The van der Waals surface area contributed by atoms with E-state index >= 15 is 8.78 Å². The molecule has 12 nitrogen and oxygen atoms in total. The molecule has 6 atom stereocenters. The van der Waals surface area contributed by atoms with E-state index in [9.17, 15) is 24.1 Å². The van der Waals surface area contributed by atoms with E-state index in [0.29, 0.717) is 17.4 Å². The minimum Gasteiger partial charge on any atom is -0.461 e. The predicted octanol–water partition coefficient (Wildman–Crippen LogP) is 2.88. The fourth-order valence-electron chi connectivity index (χ4n) is 4.60. The van der Waals surface area contributed by atoms with Crippen molar-refractivity contribution in [2.45, 2.75) is 82.0 Å². The van der Waals surface area contributed by atoms with Gasteiger partial charge < -0.3 is 19.1 Å². The number of alkyl halides is 2. The van der Waals surface area contributed by atoms with Crippen molar-refractivity contribution in [3.8, 4) is 5.75 Å². The lowest BCUT2D eigenvalue weighted by atomic mass is 9.97. The highest BCUT2D eigenvalue weighted by Crippen LogP contribution is 2.51. The Morgan fingerprint density at radius 1 is 1.23 bits per heavy atom. The Hall–Kier alpha value is -2.90. The molecular weight excluding hydrogens is 555 g/mol. The number of halogens is 2. The lowest BCUT2D eigenvalue weighted by molar-refractivity contribution is -0.204. The van der Waals surface area contributed by atoms with Crippen LogP contribution in [0.15, 0.2) is 52.2 Å². The number of aliphatic hydroxyl groups is 1. The number of aromatic amines is 1. The number of H-pyrrole nitrogens is 1. The largest absolute Gasteiger partial charge is 0.461 e. The lowest BCUT2D eigenvalue weighted by Crippen LogP contribution is -2.47. The number of para-hydroxylation sites is 1. The molecule has 2 fully saturated rings. The van der Waals surface area contributed by atoms with Gasteiger partial charge in [0.2, 0.25) is 0 Å². The zero-order valence-electron chi connectivity index (χ0n) is 22.0. The molecule has 2 heterocycles. The average Bonchev–Trinajstić information content (AvgIpc) is 3.09. The number of carbonyl (C=O) groups excluding carboxylic acids is 1. The summed E-state index contributed by atoms with van der Waals surface area (Å²) in [5.74, 6) is -4.01. The van der Waals surface area contributed by atoms with Crippen LogP contribution in [0.5, 0.6) is 5.75 Å². The first kappa shape index (κ1) is 30.1. The van der Waals surface area contributed by atoms with E-state index in [1.165, 1.54) is 19.1 Å². The second-order valence-corrected chi connectivity index (χ2v) is 11.7. The Labute approximate surface area is 228 Å². The highest BCUT2D eigenvalue weighted by Gasteiger charge is 2.65. The molecule has 0 amide bonds. The van der Waals surface area contributed by atoms with Gasteiger partial charge in [0.25, 0.3) is 11.4 Å². The molecule has 1 saturated carbocycles. The van der Waals surface area contributed by atoms with E-state index < -0.39 is 61.5 Å². The van der Waals surface area contributed by atoms with Crippen molar-refractivity contribution in [1.82, 2.24) is 14.6 Å². The number of nitrogens with zero attached hydrogens (tertiary/aromatic N) is 1. The van der Waals surface area contributed by atoms with Gasteiger partial charge in [-0.25, -0.2) is 18.1 Å². The van der Waals surface area contributed by atoms with E-state index in [2.05, 4.69) is 5.09 Å². The van der Waals surface area contributed by atoms with Crippen LogP contribution in [-0.4, -0.2) is 57.0 Å². The van der Waals surface area contributed by atoms with Crippen molar-refractivity contribution in [2.24, 2.45) is 0 Å². The minimum atomic E-state index is -4.60. The van der Waals surface area contributed by atoms with E-state index in [4.69, 9.17) is 18.5 Å². The summed E-state index contributed by atoms with van der Waals surface area (Å²) in [4.78, 5) is 38.2. The van der Waals surface area contributed by atoms with Crippen LogP contribution in [0.3, 0.4) is 0 Å². The average molecular weight is 588 g/mol. The van der Waals surface area contributed by atoms with Crippen molar-refractivity contribution in [3.05, 3.63) is 63.4 Å². The maximum absolute atomic E-state index is 15.9. The number of hydrogen-bond donors (Lipinski definition) is 3. The van der Waals surface area contributed by atoms with Crippen molar-refractivity contribution in [1.29, 1.82) is 0 Å². The van der Waals surface area contributed by atoms with E-state index in [0.717, 1.165) is 38.4 Å². The molecule has 1 aliphatic heterocycles. The molecule has 220 valence electrons. The summed E-state index contributed by atoms with van der Waals surface area (Å²) in [6, 6.07) is 7.35. The van der Waals surface area contributed by atoms with Crippen LogP contribution in [0.2, 0.25) is 0 Å². The molecule has 3 unspecified atom stereocenters. The number of carbonyl (C=O) groups is 1. The van der Waals surface area contributed by atoms with E-state index in [1.54, 1.807) is 18.2 Å². The quantitative estimate of drug-likeness (QED) is 0.279. The molecule has 40 heavy (non-hydrogen) atoms. The molecule has 0 bridgehead atoms. The highest BCUT2D eigenvalue weighted by atomic mass is 31.2. The SMILES string of the molecule is CC(NP(=O)(OC[C@@]1(F)OC(n2ccc(=O)[nH]c2=O)[C@](C)(F)[C@@H]1O)Oc1ccccc1)C(=O)OC1CCCCC1. The number of esters is 1. The molecule has 1 aromatic heterocycles. The molecule has 3 N–H and O–H groups in total. The topological polar surface area (TPSA) is 158 Å². The van der Waals surface area contributed by atoms with Crippen molar-refractivity contribution >= 4 is 13.7 Å². The Kier molecular flexibility index (Phi) is 8.96. The number of hydrogen-bond acceptors (Lipinski definition) is 9. The second kappa shape index (κ2) is 11.9. The van der Waals surface area contributed by atoms with Gasteiger partial charge in [0, 0.05) is 12.3 Å². The maximum atomic E-state index is 15.9.